The van der Waals surface area contributed by atoms with E-state index < -0.39 is 16.6 Å². The average Bonchev–Trinajstić information content (AvgIpc) is 2.32. The van der Waals surface area contributed by atoms with Crippen LogP contribution in [0, 0.1) is 17.1 Å². The largest absolute Gasteiger partial charge is 0.385 e. The molecule has 0 heterocycles. The van der Waals surface area contributed by atoms with E-state index in [1.54, 1.807) is 25.3 Å². The van der Waals surface area contributed by atoms with Gasteiger partial charge in [-0.05, 0) is 12.5 Å². The first kappa shape index (κ1) is 13.8. The maximum atomic E-state index is 13.6. The molecular weight excluding hydrogens is 241 g/mol. The Morgan fingerprint density at radius 1 is 1.53 bits per heavy atom. The van der Waals surface area contributed by atoms with Crippen LogP contribution in [-0.4, -0.2) is 23.7 Å². The lowest BCUT2D eigenvalue weighted by Gasteiger charge is -2.04. The fraction of sp³-hybridized carbons (Fsp3) is 0.417. The SMILES string of the molecule is COCCCS(=O)Cc1cccc(C#N)c1F. The molecule has 0 radical (unpaired) electrons. The Balaban J connectivity index is 2.63. The van der Waals surface area contributed by atoms with E-state index in [2.05, 4.69) is 0 Å². The first-order valence-electron chi connectivity index (χ1n) is 5.20. The monoisotopic (exact) mass is 255 g/mol. The van der Waals surface area contributed by atoms with Gasteiger partial charge in [0.15, 0.2) is 0 Å². The molecule has 17 heavy (non-hydrogen) atoms. The van der Waals surface area contributed by atoms with E-state index in [1.165, 1.54) is 6.07 Å². The molecule has 0 bridgehead atoms. The quantitative estimate of drug-likeness (QED) is 0.730. The Kier molecular flexibility index (Phi) is 5.81. The summed E-state index contributed by atoms with van der Waals surface area (Å²) in [6.45, 7) is 0.548. The summed E-state index contributed by atoms with van der Waals surface area (Å²) in [6, 6.07) is 6.34. The van der Waals surface area contributed by atoms with E-state index in [9.17, 15) is 8.60 Å². The maximum absolute atomic E-state index is 13.6. The van der Waals surface area contributed by atoms with E-state index in [4.69, 9.17) is 10.00 Å². The van der Waals surface area contributed by atoms with Crippen molar-refractivity contribution in [2.75, 3.05) is 19.5 Å². The van der Waals surface area contributed by atoms with Crippen molar-refractivity contribution in [3.8, 4) is 6.07 Å². The molecule has 0 amide bonds. The van der Waals surface area contributed by atoms with Crippen LogP contribution < -0.4 is 0 Å². The fourth-order valence-corrected chi connectivity index (χ4v) is 2.54. The van der Waals surface area contributed by atoms with Crippen molar-refractivity contribution < 1.29 is 13.3 Å². The van der Waals surface area contributed by atoms with Crippen LogP contribution in [0.2, 0.25) is 0 Å². The second-order valence-electron chi connectivity index (χ2n) is 3.53. The third kappa shape index (κ3) is 4.25. The minimum Gasteiger partial charge on any atom is -0.385 e. The van der Waals surface area contributed by atoms with Crippen LogP contribution in [0.4, 0.5) is 4.39 Å². The van der Waals surface area contributed by atoms with Gasteiger partial charge in [0.1, 0.15) is 11.9 Å². The van der Waals surface area contributed by atoms with Gasteiger partial charge in [-0.3, -0.25) is 4.21 Å². The second kappa shape index (κ2) is 7.15. The fourth-order valence-electron chi connectivity index (χ4n) is 1.39. The van der Waals surface area contributed by atoms with Crippen LogP contribution in [0.3, 0.4) is 0 Å². The molecule has 0 aromatic heterocycles. The zero-order chi connectivity index (χ0) is 12.7. The lowest BCUT2D eigenvalue weighted by Crippen LogP contribution is -2.05. The Bertz CT molecular complexity index is 443. The maximum Gasteiger partial charge on any atom is 0.145 e. The van der Waals surface area contributed by atoms with Gasteiger partial charge in [-0.1, -0.05) is 12.1 Å². The highest BCUT2D eigenvalue weighted by Crippen LogP contribution is 2.14. The van der Waals surface area contributed by atoms with Crippen LogP contribution in [-0.2, 0) is 21.3 Å². The molecule has 1 aromatic rings. The summed E-state index contributed by atoms with van der Waals surface area (Å²) < 4.78 is 30.1. The summed E-state index contributed by atoms with van der Waals surface area (Å²) in [6.07, 6.45) is 0.683. The summed E-state index contributed by atoms with van der Waals surface area (Å²) in [7, 11) is 0.460. The minimum absolute atomic E-state index is 0.00334. The Morgan fingerprint density at radius 2 is 2.29 bits per heavy atom. The van der Waals surface area contributed by atoms with Gasteiger partial charge in [0.2, 0.25) is 0 Å². The van der Waals surface area contributed by atoms with Crippen LogP contribution in [0.25, 0.3) is 0 Å². The molecule has 0 aliphatic carbocycles. The highest BCUT2D eigenvalue weighted by atomic mass is 32.2. The van der Waals surface area contributed by atoms with Gasteiger partial charge < -0.3 is 4.74 Å². The number of nitriles is 1. The predicted molar refractivity (Wildman–Crippen MR) is 64.3 cm³/mol. The average molecular weight is 255 g/mol. The van der Waals surface area contributed by atoms with Crippen molar-refractivity contribution in [3.63, 3.8) is 0 Å². The number of halogens is 1. The number of rotatable bonds is 6. The minimum atomic E-state index is -1.12. The summed E-state index contributed by atoms with van der Waals surface area (Å²) in [5.41, 5.74) is 0.330. The highest BCUT2D eigenvalue weighted by Gasteiger charge is 2.10. The first-order chi connectivity index (χ1) is 8.19. The third-order valence-electron chi connectivity index (χ3n) is 2.24. The smallest absolute Gasteiger partial charge is 0.145 e. The van der Waals surface area contributed by atoms with Crippen molar-refractivity contribution in [1.82, 2.24) is 0 Å². The number of nitrogens with zero attached hydrogens (tertiary/aromatic N) is 1. The molecule has 0 saturated heterocycles. The zero-order valence-corrected chi connectivity index (χ0v) is 10.4. The number of hydrogen-bond donors (Lipinski definition) is 0. The molecule has 1 unspecified atom stereocenters. The van der Waals surface area contributed by atoms with Gasteiger partial charge in [0.05, 0.1) is 11.3 Å². The highest BCUT2D eigenvalue weighted by molar-refractivity contribution is 7.84. The van der Waals surface area contributed by atoms with Crippen LogP contribution in [0.15, 0.2) is 18.2 Å². The lowest BCUT2D eigenvalue weighted by molar-refractivity contribution is 0.200. The summed E-state index contributed by atoms with van der Waals surface area (Å²) in [4.78, 5) is 0. The van der Waals surface area contributed by atoms with Crippen LogP contribution >= 0.6 is 0 Å². The summed E-state index contributed by atoms with van der Waals surface area (Å²) in [5, 5.41) is 8.67. The standard InChI is InChI=1S/C12H14FNO2S/c1-16-6-3-7-17(15)9-11-5-2-4-10(8-14)12(11)13/h2,4-5H,3,6-7,9H2,1H3. The molecular formula is C12H14FNO2S. The van der Waals surface area contributed by atoms with Gasteiger partial charge in [-0.15, -0.1) is 0 Å². The molecule has 0 spiro atoms. The van der Waals surface area contributed by atoms with Crippen molar-refractivity contribution in [1.29, 1.82) is 5.26 Å². The molecule has 0 saturated carbocycles. The van der Waals surface area contributed by atoms with Crippen LogP contribution in [0.5, 0.6) is 0 Å². The van der Waals surface area contributed by atoms with Gasteiger partial charge in [0.25, 0.3) is 0 Å². The molecule has 92 valence electrons. The van der Waals surface area contributed by atoms with Crippen molar-refractivity contribution in [2.24, 2.45) is 0 Å². The predicted octanol–water partition coefficient (Wildman–Crippen LogP) is 1.98. The van der Waals surface area contributed by atoms with Gasteiger partial charge >= 0.3 is 0 Å². The number of benzene rings is 1. The molecule has 1 rings (SSSR count). The van der Waals surface area contributed by atoms with Gasteiger partial charge in [-0.2, -0.15) is 5.26 Å². The van der Waals surface area contributed by atoms with Crippen molar-refractivity contribution >= 4 is 10.8 Å². The van der Waals surface area contributed by atoms with Crippen LogP contribution in [0.1, 0.15) is 17.5 Å². The molecule has 1 atom stereocenters. The summed E-state index contributed by atoms with van der Waals surface area (Å²) >= 11 is 0. The van der Waals surface area contributed by atoms with Gasteiger partial charge in [0, 0.05) is 35.8 Å². The van der Waals surface area contributed by atoms with Crippen molar-refractivity contribution in [2.45, 2.75) is 12.2 Å². The molecule has 5 heteroatoms. The second-order valence-corrected chi connectivity index (χ2v) is 5.10. The topological polar surface area (TPSA) is 50.1 Å². The van der Waals surface area contributed by atoms with E-state index in [-0.39, 0.29) is 11.3 Å². The number of hydrogen-bond acceptors (Lipinski definition) is 3. The molecule has 1 aromatic carbocycles. The molecule has 0 fully saturated rings. The number of ether oxygens (including phenoxy) is 1. The molecule has 3 nitrogen and oxygen atoms in total. The van der Waals surface area contributed by atoms with E-state index >= 15 is 0 Å². The molecule has 0 N–H and O–H groups in total. The van der Waals surface area contributed by atoms with E-state index in [0.717, 1.165) is 0 Å². The molecule has 0 aliphatic heterocycles. The first-order valence-corrected chi connectivity index (χ1v) is 6.69. The zero-order valence-electron chi connectivity index (χ0n) is 9.61. The van der Waals surface area contributed by atoms with E-state index in [0.29, 0.717) is 24.3 Å². The summed E-state index contributed by atoms with van der Waals surface area (Å²) in [5.74, 6) is 0.0601. The normalized spacial score (nSPS) is 12.1. The molecule has 0 aliphatic rings. The van der Waals surface area contributed by atoms with Gasteiger partial charge in [-0.25, -0.2) is 4.39 Å². The Morgan fingerprint density at radius 3 is 2.94 bits per heavy atom. The Labute approximate surface area is 103 Å². The number of methoxy groups -OCH3 is 1. The lowest BCUT2D eigenvalue weighted by atomic mass is 10.1. The van der Waals surface area contributed by atoms with E-state index in [1.807, 2.05) is 0 Å². The third-order valence-corrected chi connectivity index (χ3v) is 3.61. The van der Waals surface area contributed by atoms with Crippen molar-refractivity contribution in [3.05, 3.63) is 35.1 Å². The Hall–Kier alpha value is -1.25.